The Morgan fingerprint density at radius 1 is 1.09 bits per heavy atom. The molecule has 220 valence electrons. The van der Waals surface area contributed by atoms with Gasteiger partial charge >= 0.3 is 0 Å². The normalized spacial score (nSPS) is 18.7. The lowest BCUT2D eigenvalue weighted by molar-refractivity contribution is -0.0419. The summed E-state index contributed by atoms with van der Waals surface area (Å²) >= 11 is 0. The number of aromatic nitrogens is 5. The number of aldehydes is 1. The summed E-state index contributed by atoms with van der Waals surface area (Å²) in [5.74, 6) is 7.87. The van der Waals surface area contributed by atoms with Crippen molar-refractivity contribution in [1.82, 2.24) is 29.5 Å². The second kappa shape index (κ2) is 13.0. The zero-order valence-electron chi connectivity index (χ0n) is 24.7. The van der Waals surface area contributed by atoms with Crippen molar-refractivity contribution in [2.45, 2.75) is 51.9 Å². The van der Waals surface area contributed by atoms with Gasteiger partial charge in [0.2, 0.25) is 0 Å². The summed E-state index contributed by atoms with van der Waals surface area (Å²) in [5.41, 5.74) is 8.41. The SMILES string of the molecule is CNC(C)c1nc2cccc(C#CC3CC(C)OC(C)C3)c2c(=O)n1-c1ccccc1.Nc1nn2cccnc2c1C=O. The molecular formula is C33H35N7O3. The smallest absolute Gasteiger partial charge is 0.267 e. The van der Waals surface area contributed by atoms with Crippen molar-refractivity contribution < 1.29 is 9.53 Å². The molecule has 3 N–H and O–H groups in total. The lowest BCUT2D eigenvalue weighted by Crippen LogP contribution is -2.29. The standard InChI is InChI=1S/C26H29N3O2.C7H6N4O/c1-17-15-20(16-18(2)31-17)13-14-21-9-8-12-23-24(21)26(30)29(22-10-6-5-7-11-22)25(28-23)19(3)27-4;8-6-5(4-12)7-9-2-1-3-11(7)10-6/h5-12,17-20,27H,15-16H2,1-4H3;1-4H,(H2,8,10). The Morgan fingerprint density at radius 2 is 1.84 bits per heavy atom. The van der Waals surface area contributed by atoms with Crippen LogP contribution in [0.3, 0.4) is 0 Å². The molecule has 4 heterocycles. The van der Waals surface area contributed by atoms with Crippen LogP contribution >= 0.6 is 0 Å². The molecule has 0 aliphatic carbocycles. The van der Waals surface area contributed by atoms with Gasteiger partial charge in [-0.05, 0) is 71.0 Å². The monoisotopic (exact) mass is 577 g/mol. The van der Waals surface area contributed by atoms with Crippen LogP contribution < -0.4 is 16.6 Å². The van der Waals surface area contributed by atoms with E-state index in [4.69, 9.17) is 15.5 Å². The number of hydrogen-bond acceptors (Lipinski definition) is 8. The Morgan fingerprint density at radius 3 is 2.53 bits per heavy atom. The Kier molecular flexibility index (Phi) is 8.95. The quantitative estimate of drug-likeness (QED) is 0.238. The molecular weight excluding hydrogens is 542 g/mol. The number of benzene rings is 2. The number of rotatable bonds is 4. The van der Waals surface area contributed by atoms with Crippen LogP contribution in [0, 0.1) is 17.8 Å². The first-order valence-corrected chi connectivity index (χ1v) is 14.3. The largest absolute Gasteiger partial charge is 0.382 e. The highest BCUT2D eigenvalue weighted by atomic mass is 16.5. The van der Waals surface area contributed by atoms with E-state index in [0.717, 1.165) is 24.1 Å². The van der Waals surface area contributed by atoms with E-state index in [1.54, 1.807) is 23.0 Å². The number of carbonyl (C=O) groups is 1. The zero-order chi connectivity index (χ0) is 30.5. The van der Waals surface area contributed by atoms with Crippen LogP contribution in [0.25, 0.3) is 22.2 Å². The molecule has 0 saturated carbocycles. The zero-order valence-corrected chi connectivity index (χ0v) is 24.7. The van der Waals surface area contributed by atoms with Crippen molar-refractivity contribution in [1.29, 1.82) is 0 Å². The molecule has 3 aromatic heterocycles. The number of ether oxygens (including phenoxy) is 1. The van der Waals surface area contributed by atoms with E-state index < -0.39 is 0 Å². The van der Waals surface area contributed by atoms with E-state index >= 15 is 0 Å². The average molecular weight is 578 g/mol. The van der Waals surface area contributed by atoms with Gasteiger partial charge in [-0.25, -0.2) is 14.5 Å². The predicted octanol–water partition coefficient (Wildman–Crippen LogP) is 4.35. The van der Waals surface area contributed by atoms with Gasteiger partial charge in [-0.1, -0.05) is 36.1 Å². The van der Waals surface area contributed by atoms with Crippen LogP contribution in [0.5, 0.6) is 0 Å². The first-order chi connectivity index (χ1) is 20.8. The minimum absolute atomic E-state index is 0.0859. The molecule has 1 fully saturated rings. The molecule has 6 rings (SSSR count). The number of para-hydroxylation sites is 1. The molecule has 2 aromatic carbocycles. The highest BCUT2D eigenvalue weighted by Gasteiger charge is 2.23. The lowest BCUT2D eigenvalue weighted by Gasteiger charge is -2.29. The third-order valence-electron chi connectivity index (χ3n) is 7.44. The Balaban J connectivity index is 0.000000255. The molecule has 0 bridgehead atoms. The Bertz CT molecular complexity index is 1860. The van der Waals surface area contributed by atoms with E-state index in [2.05, 4.69) is 41.1 Å². The Labute approximate surface area is 249 Å². The average Bonchev–Trinajstić information content (AvgIpc) is 3.34. The van der Waals surface area contributed by atoms with E-state index in [-0.39, 0.29) is 35.5 Å². The number of nitrogens with one attached hydrogen (secondary N) is 1. The second-order valence-corrected chi connectivity index (χ2v) is 10.7. The van der Waals surface area contributed by atoms with Crippen molar-refractivity contribution in [3.8, 4) is 17.5 Å². The van der Waals surface area contributed by atoms with Crippen LogP contribution in [0.2, 0.25) is 0 Å². The van der Waals surface area contributed by atoms with Gasteiger partial charge in [0, 0.05) is 23.9 Å². The van der Waals surface area contributed by atoms with Gasteiger partial charge in [0.25, 0.3) is 5.56 Å². The molecule has 0 radical (unpaired) electrons. The predicted molar refractivity (Wildman–Crippen MR) is 167 cm³/mol. The molecule has 43 heavy (non-hydrogen) atoms. The number of carbonyl (C=O) groups excluding carboxylic acids is 1. The van der Waals surface area contributed by atoms with Gasteiger partial charge in [-0.3, -0.25) is 14.2 Å². The molecule has 0 spiro atoms. The third-order valence-corrected chi connectivity index (χ3v) is 7.44. The first-order valence-electron chi connectivity index (χ1n) is 14.3. The summed E-state index contributed by atoms with van der Waals surface area (Å²) in [4.78, 5) is 33.1. The maximum absolute atomic E-state index is 13.8. The van der Waals surface area contributed by atoms with Crippen LogP contribution in [0.1, 0.15) is 61.4 Å². The number of fused-ring (bicyclic) bond motifs is 2. The third kappa shape index (κ3) is 6.33. The van der Waals surface area contributed by atoms with Gasteiger partial charge in [0.1, 0.15) is 11.4 Å². The van der Waals surface area contributed by atoms with Crippen molar-refractivity contribution in [3.63, 3.8) is 0 Å². The molecule has 0 amide bonds. The molecule has 10 nitrogen and oxygen atoms in total. The minimum Gasteiger partial charge on any atom is -0.382 e. The van der Waals surface area contributed by atoms with Crippen molar-refractivity contribution in [2.75, 3.05) is 12.8 Å². The van der Waals surface area contributed by atoms with Crippen LogP contribution in [0.4, 0.5) is 5.82 Å². The van der Waals surface area contributed by atoms with Gasteiger partial charge < -0.3 is 15.8 Å². The van der Waals surface area contributed by atoms with Crippen molar-refractivity contribution in [2.24, 2.45) is 5.92 Å². The van der Waals surface area contributed by atoms with Gasteiger partial charge in [0.05, 0.1) is 34.8 Å². The number of nitrogens with two attached hydrogens (primary N) is 1. The Hall–Kier alpha value is -4.85. The summed E-state index contributed by atoms with van der Waals surface area (Å²) in [6, 6.07) is 17.0. The number of anilines is 1. The summed E-state index contributed by atoms with van der Waals surface area (Å²) in [7, 11) is 1.87. The first kappa shape index (κ1) is 29.6. The van der Waals surface area contributed by atoms with E-state index in [9.17, 15) is 9.59 Å². The van der Waals surface area contributed by atoms with E-state index in [1.807, 2.05) is 62.5 Å². The summed E-state index contributed by atoms with van der Waals surface area (Å²) in [6.45, 7) is 6.19. The van der Waals surface area contributed by atoms with Crippen molar-refractivity contribution in [3.05, 3.63) is 94.3 Å². The maximum atomic E-state index is 13.8. The van der Waals surface area contributed by atoms with Gasteiger partial charge in [-0.2, -0.15) is 0 Å². The maximum Gasteiger partial charge on any atom is 0.267 e. The number of hydrogen-bond donors (Lipinski definition) is 2. The fourth-order valence-electron chi connectivity index (χ4n) is 5.34. The van der Waals surface area contributed by atoms with E-state index in [0.29, 0.717) is 34.2 Å². The fraction of sp³-hybridized carbons (Fsp3) is 0.303. The van der Waals surface area contributed by atoms with Crippen LogP contribution in [-0.2, 0) is 4.74 Å². The molecule has 1 saturated heterocycles. The highest BCUT2D eigenvalue weighted by Crippen LogP contribution is 2.25. The second-order valence-electron chi connectivity index (χ2n) is 10.7. The van der Waals surface area contributed by atoms with E-state index in [1.165, 1.54) is 4.52 Å². The van der Waals surface area contributed by atoms with Gasteiger partial charge in [-0.15, -0.1) is 5.10 Å². The molecule has 3 atom stereocenters. The summed E-state index contributed by atoms with van der Waals surface area (Å²) in [6.07, 6.45) is 6.17. The molecule has 1 aliphatic heterocycles. The molecule has 3 unspecified atom stereocenters. The van der Waals surface area contributed by atoms with Crippen LogP contribution in [-0.4, -0.2) is 49.7 Å². The van der Waals surface area contributed by atoms with Crippen LogP contribution in [0.15, 0.2) is 71.8 Å². The topological polar surface area (TPSA) is 129 Å². The van der Waals surface area contributed by atoms with Crippen molar-refractivity contribution >= 4 is 28.7 Å². The van der Waals surface area contributed by atoms with Gasteiger partial charge in [0.15, 0.2) is 17.8 Å². The number of nitrogens with zero attached hydrogens (tertiary/aromatic N) is 5. The molecule has 5 aromatic rings. The lowest BCUT2D eigenvalue weighted by atomic mass is 9.93. The summed E-state index contributed by atoms with van der Waals surface area (Å²) < 4.78 is 9.00. The highest BCUT2D eigenvalue weighted by molar-refractivity contribution is 5.90. The number of nitrogen functional groups attached to an aromatic ring is 1. The fourth-order valence-corrected chi connectivity index (χ4v) is 5.34. The summed E-state index contributed by atoms with van der Waals surface area (Å²) in [5, 5.41) is 7.67. The molecule has 10 heteroatoms. The minimum atomic E-state index is -0.0908. The molecule has 1 aliphatic rings.